The zero-order valence-electron chi connectivity index (χ0n) is 6.26. The van der Waals surface area contributed by atoms with Gasteiger partial charge >= 0.3 is 0 Å². The highest BCUT2D eigenvalue weighted by Gasteiger charge is 2.14. The van der Waals surface area contributed by atoms with E-state index >= 15 is 0 Å². The molecular formula is C9H8O2. The highest BCUT2D eigenvalue weighted by Crippen LogP contribution is 2.26. The molecule has 1 aromatic carbocycles. The third-order valence-corrected chi connectivity index (χ3v) is 1.82. The predicted octanol–water partition coefficient (Wildman–Crippen LogP) is 1.78. The fourth-order valence-corrected chi connectivity index (χ4v) is 1.23. The molecular weight excluding hydrogens is 140 g/mol. The van der Waals surface area contributed by atoms with Crippen molar-refractivity contribution >= 4 is 5.78 Å². The zero-order chi connectivity index (χ0) is 7.84. The maximum atomic E-state index is 11.0. The van der Waals surface area contributed by atoms with Crippen LogP contribution in [0.25, 0.3) is 0 Å². The van der Waals surface area contributed by atoms with Crippen LogP contribution in [-0.2, 0) is 6.61 Å². The summed E-state index contributed by atoms with van der Waals surface area (Å²) in [7, 11) is 0. The first-order chi connectivity index (χ1) is 5.27. The lowest BCUT2D eigenvalue weighted by atomic mass is 10.0. The second-order valence-electron chi connectivity index (χ2n) is 2.68. The molecule has 2 aliphatic heterocycles. The Labute approximate surface area is 64.8 Å². The van der Waals surface area contributed by atoms with Gasteiger partial charge in [-0.05, 0) is 24.6 Å². The van der Waals surface area contributed by atoms with Gasteiger partial charge in [-0.2, -0.15) is 0 Å². The van der Waals surface area contributed by atoms with Crippen molar-refractivity contribution in [3.05, 3.63) is 29.3 Å². The van der Waals surface area contributed by atoms with Gasteiger partial charge in [0.25, 0.3) is 0 Å². The Hall–Kier alpha value is -1.31. The Morgan fingerprint density at radius 3 is 2.64 bits per heavy atom. The van der Waals surface area contributed by atoms with Crippen LogP contribution >= 0.6 is 0 Å². The fourth-order valence-electron chi connectivity index (χ4n) is 1.23. The SMILES string of the molecule is CC(=O)c1cc2ccc1OC2. The van der Waals surface area contributed by atoms with Crippen LogP contribution in [0.15, 0.2) is 18.2 Å². The molecule has 2 heteroatoms. The zero-order valence-corrected chi connectivity index (χ0v) is 6.26. The number of carbonyl (C=O) groups excluding carboxylic acids is 1. The monoisotopic (exact) mass is 148 g/mol. The van der Waals surface area contributed by atoms with Gasteiger partial charge < -0.3 is 4.74 Å². The summed E-state index contributed by atoms with van der Waals surface area (Å²) in [5, 5.41) is 0. The van der Waals surface area contributed by atoms with Gasteiger partial charge in [0, 0.05) is 0 Å². The molecule has 0 aromatic heterocycles. The summed E-state index contributed by atoms with van der Waals surface area (Å²) in [6, 6.07) is 5.71. The summed E-state index contributed by atoms with van der Waals surface area (Å²) in [5.74, 6) is 0.786. The molecule has 0 radical (unpaired) electrons. The van der Waals surface area contributed by atoms with E-state index in [1.165, 1.54) is 0 Å². The molecule has 0 unspecified atom stereocenters. The number of hydrogen-bond donors (Lipinski definition) is 0. The van der Waals surface area contributed by atoms with Crippen LogP contribution in [0.3, 0.4) is 0 Å². The lowest BCUT2D eigenvalue weighted by molar-refractivity contribution is 0.101. The van der Waals surface area contributed by atoms with Crippen LogP contribution < -0.4 is 4.74 Å². The summed E-state index contributed by atoms with van der Waals surface area (Å²) in [6.45, 7) is 2.17. The molecule has 0 spiro atoms. The van der Waals surface area contributed by atoms with Gasteiger partial charge in [0.1, 0.15) is 12.4 Å². The van der Waals surface area contributed by atoms with E-state index in [1.54, 1.807) is 6.92 Å². The first-order valence-corrected chi connectivity index (χ1v) is 3.54. The summed E-state index contributed by atoms with van der Waals surface area (Å²) < 4.78 is 5.25. The van der Waals surface area contributed by atoms with Crippen LogP contribution in [0.5, 0.6) is 5.75 Å². The van der Waals surface area contributed by atoms with E-state index in [4.69, 9.17) is 4.74 Å². The van der Waals surface area contributed by atoms with Crippen molar-refractivity contribution in [3.63, 3.8) is 0 Å². The summed E-state index contributed by atoms with van der Waals surface area (Å²) in [5.41, 5.74) is 1.78. The second kappa shape index (κ2) is 2.09. The summed E-state index contributed by atoms with van der Waals surface area (Å²) in [6.07, 6.45) is 0. The molecule has 0 amide bonds. The first kappa shape index (κ1) is 6.40. The Bertz CT molecular complexity index is 315. The lowest BCUT2D eigenvalue weighted by Crippen LogP contribution is -2.08. The molecule has 1 aromatic rings. The summed E-state index contributed by atoms with van der Waals surface area (Å²) in [4.78, 5) is 11.0. The van der Waals surface area contributed by atoms with Crippen molar-refractivity contribution in [2.45, 2.75) is 13.5 Å². The normalized spacial score (nSPS) is 12.8. The van der Waals surface area contributed by atoms with Crippen molar-refractivity contribution in [2.24, 2.45) is 0 Å². The highest BCUT2D eigenvalue weighted by atomic mass is 16.5. The lowest BCUT2D eigenvalue weighted by Gasteiger charge is -2.16. The third kappa shape index (κ3) is 0.909. The molecule has 11 heavy (non-hydrogen) atoms. The molecule has 0 atom stereocenters. The van der Waals surface area contributed by atoms with E-state index < -0.39 is 0 Å². The molecule has 56 valence electrons. The minimum Gasteiger partial charge on any atom is -0.488 e. The minimum atomic E-state index is 0.0709. The molecule has 2 aliphatic rings. The van der Waals surface area contributed by atoms with Crippen molar-refractivity contribution in [3.8, 4) is 5.75 Å². The molecule has 0 saturated carbocycles. The Kier molecular flexibility index (Phi) is 1.22. The number of ketones is 1. The van der Waals surface area contributed by atoms with Gasteiger partial charge in [0.05, 0.1) is 5.56 Å². The average molecular weight is 148 g/mol. The van der Waals surface area contributed by atoms with Crippen LogP contribution in [0.4, 0.5) is 0 Å². The first-order valence-electron chi connectivity index (χ1n) is 3.54. The number of fused-ring (bicyclic) bond motifs is 3. The largest absolute Gasteiger partial charge is 0.488 e. The molecule has 0 fully saturated rings. The highest BCUT2D eigenvalue weighted by molar-refractivity contribution is 5.97. The van der Waals surface area contributed by atoms with Crippen molar-refractivity contribution < 1.29 is 9.53 Å². The van der Waals surface area contributed by atoms with Gasteiger partial charge in [0.2, 0.25) is 0 Å². The van der Waals surface area contributed by atoms with E-state index in [2.05, 4.69) is 0 Å². The van der Waals surface area contributed by atoms with E-state index in [0.717, 1.165) is 5.56 Å². The molecule has 2 heterocycles. The average Bonchev–Trinajstić information content (AvgIpc) is 2.06. The van der Waals surface area contributed by atoms with E-state index in [9.17, 15) is 4.79 Å². The Morgan fingerprint density at radius 1 is 1.55 bits per heavy atom. The second-order valence-corrected chi connectivity index (χ2v) is 2.68. The van der Waals surface area contributed by atoms with Crippen molar-refractivity contribution in [1.82, 2.24) is 0 Å². The molecule has 2 bridgehead atoms. The number of benzene rings is 1. The van der Waals surface area contributed by atoms with Gasteiger partial charge in [-0.15, -0.1) is 0 Å². The Balaban J connectivity index is 2.60. The predicted molar refractivity (Wildman–Crippen MR) is 40.8 cm³/mol. The topological polar surface area (TPSA) is 26.3 Å². The number of hydrogen-bond acceptors (Lipinski definition) is 2. The quantitative estimate of drug-likeness (QED) is 0.567. The third-order valence-electron chi connectivity index (χ3n) is 1.82. The van der Waals surface area contributed by atoms with Crippen LogP contribution in [0.1, 0.15) is 22.8 Å². The molecule has 0 N–H and O–H groups in total. The maximum absolute atomic E-state index is 11.0. The minimum absolute atomic E-state index is 0.0709. The van der Waals surface area contributed by atoms with E-state index in [0.29, 0.717) is 17.9 Å². The van der Waals surface area contributed by atoms with Crippen molar-refractivity contribution in [1.29, 1.82) is 0 Å². The van der Waals surface area contributed by atoms with E-state index in [1.807, 2.05) is 18.2 Å². The molecule has 2 nitrogen and oxygen atoms in total. The van der Waals surface area contributed by atoms with Crippen LogP contribution in [0.2, 0.25) is 0 Å². The summed E-state index contributed by atoms with van der Waals surface area (Å²) >= 11 is 0. The van der Waals surface area contributed by atoms with Gasteiger partial charge in [-0.3, -0.25) is 4.79 Å². The van der Waals surface area contributed by atoms with Crippen LogP contribution in [-0.4, -0.2) is 5.78 Å². The maximum Gasteiger partial charge on any atom is 0.163 e. The smallest absolute Gasteiger partial charge is 0.163 e. The molecule has 0 aliphatic carbocycles. The van der Waals surface area contributed by atoms with Gasteiger partial charge in [0.15, 0.2) is 5.78 Å². The Morgan fingerprint density at radius 2 is 2.36 bits per heavy atom. The molecule has 3 rings (SSSR count). The fraction of sp³-hybridized carbons (Fsp3) is 0.222. The number of carbonyl (C=O) groups is 1. The number of ether oxygens (including phenoxy) is 1. The molecule has 0 saturated heterocycles. The standard InChI is InChI=1S/C9H8O2/c1-6(10)8-4-7-2-3-9(8)11-5-7/h2-4H,5H2,1H3. The van der Waals surface area contributed by atoms with E-state index in [-0.39, 0.29) is 5.78 Å². The number of rotatable bonds is 1. The number of Topliss-reactive ketones (excluding diaryl/α,β-unsaturated/α-hetero) is 1. The van der Waals surface area contributed by atoms with Crippen molar-refractivity contribution in [2.75, 3.05) is 0 Å². The van der Waals surface area contributed by atoms with Gasteiger partial charge in [-0.1, -0.05) is 6.07 Å². The van der Waals surface area contributed by atoms with Gasteiger partial charge in [-0.25, -0.2) is 0 Å². The van der Waals surface area contributed by atoms with Crippen LogP contribution in [0, 0.1) is 0 Å².